The number of rotatable bonds is 4. The minimum absolute atomic E-state index is 0.171. The molecule has 0 aliphatic heterocycles. The first kappa shape index (κ1) is 14.2. The van der Waals surface area contributed by atoms with Crippen LogP contribution in [0.15, 0.2) is 42.5 Å². The molecule has 2 nitrogen and oxygen atoms in total. The number of benzene rings is 2. The third-order valence-electron chi connectivity index (χ3n) is 2.96. The van der Waals surface area contributed by atoms with Gasteiger partial charge in [-0.25, -0.2) is 0 Å². The summed E-state index contributed by atoms with van der Waals surface area (Å²) in [6.07, 6.45) is 0.702. The molecule has 2 aromatic carbocycles. The van der Waals surface area contributed by atoms with Crippen molar-refractivity contribution in [2.75, 3.05) is 7.11 Å². The summed E-state index contributed by atoms with van der Waals surface area (Å²) in [7, 11) is 1.63. The predicted molar refractivity (Wildman–Crippen MR) is 80.1 cm³/mol. The highest BCUT2D eigenvalue weighted by Crippen LogP contribution is 2.29. The Morgan fingerprint density at radius 2 is 1.68 bits per heavy atom. The van der Waals surface area contributed by atoms with E-state index in [1.165, 1.54) is 0 Å². The van der Waals surface area contributed by atoms with Crippen LogP contribution in [0.3, 0.4) is 0 Å². The van der Waals surface area contributed by atoms with Crippen LogP contribution in [0, 0.1) is 0 Å². The molecule has 0 aliphatic rings. The molecule has 0 bridgehead atoms. The molecule has 1 atom stereocenters. The molecular weight excluding hydrogens is 281 g/mol. The lowest BCUT2D eigenvalue weighted by Gasteiger charge is -2.16. The lowest BCUT2D eigenvalue weighted by Crippen LogP contribution is -2.14. The number of hydrogen-bond acceptors (Lipinski definition) is 2. The van der Waals surface area contributed by atoms with E-state index in [1.54, 1.807) is 13.2 Å². The molecule has 2 rings (SSSR count). The van der Waals surface area contributed by atoms with E-state index >= 15 is 0 Å². The van der Waals surface area contributed by atoms with E-state index in [4.69, 9.17) is 33.7 Å². The fourth-order valence-electron chi connectivity index (χ4n) is 1.98. The summed E-state index contributed by atoms with van der Waals surface area (Å²) in [6.45, 7) is 0. The molecule has 0 aliphatic carbocycles. The molecule has 19 heavy (non-hydrogen) atoms. The van der Waals surface area contributed by atoms with Gasteiger partial charge in [-0.1, -0.05) is 35.3 Å². The molecule has 4 heteroatoms. The van der Waals surface area contributed by atoms with Crippen molar-refractivity contribution in [3.8, 4) is 5.75 Å². The summed E-state index contributed by atoms with van der Waals surface area (Å²) in [5.41, 5.74) is 8.27. The Labute approximate surface area is 123 Å². The summed E-state index contributed by atoms with van der Waals surface area (Å²) in [5, 5.41) is 1.38. The zero-order valence-corrected chi connectivity index (χ0v) is 12.1. The summed E-state index contributed by atoms with van der Waals surface area (Å²) in [5.74, 6) is 0.755. The second-order valence-corrected chi connectivity index (χ2v) is 5.20. The highest BCUT2D eigenvalue weighted by molar-refractivity contribution is 6.30. The van der Waals surface area contributed by atoms with Crippen molar-refractivity contribution in [2.45, 2.75) is 12.5 Å². The van der Waals surface area contributed by atoms with Crippen molar-refractivity contribution in [1.82, 2.24) is 0 Å². The van der Waals surface area contributed by atoms with Crippen molar-refractivity contribution >= 4 is 23.2 Å². The predicted octanol–water partition coefficient (Wildman–Crippen LogP) is 4.24. The number of hydrogen-bond donors (Lipinski definition) is 1. The average Bonchev–Trinajstić information content (AvgIpc) is 2.41. The van der Waals surface area contributed by atoms with Gasteiger partial charge in [0, 0.05) is 21.7 Å². The maximum absolute atomic E-state index is 6.24. The van der Waals surface area contributed by atoms with E-state index in [2.05, 4.69) is 0 Å². The van der Waals surface area contributed by atoms with E-state index in [-0.39, 0.29) is 6.04 Å². The van der Waals surface area contributed by atoms with Crippen LogP contribution in [-0.4, -0.2) is 7.11 Å². The monoisotopic (exact) mass is 295 g/mol. The molecule has 0 spiro atoms. The van der Waals surface area contributed by atoms with Crippen LogP contribution in [0.2, 0.25) is 10.0 Å². The SMILES string of the molecule is COc1ccc(Cl)cc1C(N)Cc1ccc(Cl)cc1. The van der Waals surface area contributed by atoms with Gasteiger partial charge in [-0.15, -0.1) is 0 Å². The van der Waals surface area contributed by atoms with Crippen LogP contribution in [0.4, 0.5) is 0 Å². The molecule has 2 N–H and O–H groups in total. The van der Waals surface area contributed by atoms with Gasteiger partial charge in [0.05, 0.1) is 7.11 Å². The molecule has 0 radical (unpaired) electrons. The second kappa shape index (κ2) is 6.29. The van der Waals surface area contributed by atoms with Crippen molar-refractivity contribution in [2.24, 2.45) is 5.73 Å². The molecular formula is C15H15Cl2NO. The number of methoxy groups -OCH3 is 1. The van der Waals surface area contributed by atoms with Gasteiger partial charge in [0.25, 0.3) is 0 Å². The zero-order valence-electron chi connectivity index (χ0n) is 10.6. The zero-order chi connectivity index (χ0) is 13.8. The minimum atomic E-state index is -0.171. The van der Waals surface area contributed by atoms with Gasteiger partial charge in [-0.05, 0) is 42.3 Å². The highest BCUT2D eigenvalue weighted by Gasteiger charge is 2.13. The molecule has 100 valence electrons. The Balaban J connectivity index is 2.21. The maximum atomic E-state index is 6.24. The quantitative estimate of drug-likeness (QED) is 0.915. The van der Waals surface area contributed by atoms with E-state index in [1.807, 2.05) is 36.4 Å². The third kappa shape index (κ3) is 3.63. The largest absolute Gasteiger partial charge is 0.496 e. The second-order valence-electron chi connectivity index (χ2n) is 4.32. The van der Waals surface area contributed by atoms with Crippen molar-refractivity contribution in [3.05, 3.63) is 63.6 Å². The fourth-order valence-corrected chi connectivity index (χ4v) is 2.29. The van der Waals surface area contributed by atoms with Gasteiger partial charge in [0.15, 0.2) is 0 Å². The summed E-state index contributed by atoms with van der Waals surface area (Å²) in [4.78, 5) is 0. The molecule has 0 saturated heterocycles. The summed E-state index contributed by atoms with van der Waals surface area (Å²) in [6, 6.07) is 13.0. The Bertz CT molecular complexity index is 555. The van der Waals surface area contributed by atoms with Crippen LogP contribution >= 0.6 is 23.2 Å². The lowest BCUT2D eigenvalue weighted by molar-refractivity contribution is 0.405. The van der Waals surface area contributed by atoms with Crippen LogP contribution in [0.5, 0.6) is 5.75 Å². The van der Waals surface area contributed by atoms with Crippen molar-refractivity contribution in [1.29, 1.82) is 0 Å². The first-order valence-electron chi connectivity index (χ1n) is 5.93. The maximum Gasteiger partial charge on any atom is 0.123 e. The van der Waals surface area contributed by atoms with Gasteiger partial charge < -0.3 is 10.5 Å². The Morgan fingerprint density at radius 1 is 1.05 bits per heavy atom. The van der Waals surface area contributed by atoms with Crippen molar-refractivity contribution < 1.29 is 4.74 Å². The van der Waals surface area contributed by atoms with Gasteiger partial charge in [-0.3, -0.25) is 0 Å². The Hall–Kier alpha value is -1.22. The number of halogens is 2. The van der Waals surface area contributed by atoms with E-state index in [0.29, 0.717) is 11.4 Å². The van der Waals surface area contributed by atoms with Crippen LogP contribution in [0.25, 0.3) is 0 Å². The molecule has 0 heterocycles. The highest BCUT2D eigenvalue weighted by atomic mass is 35.5. The topological polar surface area (TPSA) is 35.2 Å². The molecule has 0 amide bonds. The fraction of sp³-hybridized carbons (Fsp3) is 0.200. The van der Waals surface area contributed by atoms with Gasteiger partial charge in [-0.2, -0.15) is 0 Å². The van der Waals surface area contributed by atoms with Gasteiger partial charge >= 0.3 is 0 Å². The van der Waals surface area contributed by atoms with Gasteiger partial charge in [0.2, 0.25) is 0 Å². The lowest BCUT2D eigenvalue weighted by atomic mass is 9.99. The van der Waals surface area contributed by atoms with E-state index < -0.39 is 0 Å². The molecule has 0 saturated carbocycles. The summed E-state index contributed by atoms with van der Waals surface area (Å²) < 4.78 is 5.32. The van der Waals surface area contributed by atoms with Crippen molar-refractivity contribution in [3.63, 3.8) is 0 Å². The normalized spacial score (nSPS) is 12.2. The first-order valence-corrected chi connectivity index (χ1v) is 6.69. The molecule has 1 unspecified atom stereocenters. The van der Waals surface area contributed by atoms with Crippen LogP contribution in [0.1, 0.15) is 17.2 Å². The Kier molecular flexibility index (Phi) is 4.70. The van der Waals surface area contributed by atoms with E-state index in [9.17, 15) is 0 Å². The minimum Gasteiger partial charge on any atom is -0.496 e. The first-order chi connectivity index (χ1) is 9.10. The third-order valence-corrected chi connectivity index (χ3v) is 3.45. The molecule has 0 fully saturated rings. The van der Waals surface area contributed by atoms with E-state index in [0.717, 1.165) is 21.9 Å². The van der Waals surface area contributed by atoms with Gasteiger partial charge in [0.1, 0.15) is 5.75 Å². The Morgan fingerprint density at radius 3 is 2.32 bits per heavy atom. The standard InChI is InChI=1S/C15H15Cl2NO/c1-19-15-7-6-12(17)9-13(15)14(18)8-10-2-4-11(16)5-3-10/h2-7,9,14H,8,18H2,1H3. The summed E-state index contributed by atoms with van der Waals surface area (Å²) >= 11 is 11.9. The van der Waals surface area contributed by atoms with Crippen LogP contribution in [-0.2, 0) is 6.42 Å². The molecule has 0 aromatic heterocycles. The smallest absolute Gasteiger partial charge is 0.123 e. The van der Waals surface area contributed by atoms with Crippen LogP contribution < -0.4 is 10.5 Å². The average molecular weight is 296 g/mol. The molecule has 2 aromatic rings. The number of nitrogens with two attached hydrogens (primary N) is 1. The number of ether oxygens (including phenoxy) is 1.